The molecule has 1 amide bonds. The molecule has 0 bridgehead atoms. The lowest BCUT2D eigenvalue weighted by Crippen LogP contribution is -2.21. The van der Waals surface area contributed by atoms with Gasteiger partial charge in [0.25, 0.3) is 5.91 Å². The van der Waals surface area contributed by atoms with E-state index in [9.17, 15) is 18.0 Å². The van der Waals surface area contributed by atoms with Crippen LogP contribution in [0.4, 0.5) is 5.69 Å². The number of ether oxygens (including phenoxy) is 1. The van der Waals surface area contributed by atoms with Crippen LogP contribution < -0.4 is 10.5 Å². The van der Waals surface area contributed by atoms with Gasteiger partial charge in [-0.2, -0.15) is 0 Å². The van der Waals surface area contributed by atoms with Gasteiger partial charge in [-0.1, -0.05) is 23.2 Å². The first-order valence-corrected chi connectivity index (χ1v) is 9.43. The summed E-state index contributed by atoms with van der Waals surface area (Å²) < 4.78 is 27.7. The fraction of sp³-hybridized carbons (Fsp3) is 0.125. The SMILES string of the molecule is Cc1cc(Cl)ccc1NC(=O)COC(=O)c1ccc(Cl)c(S(N)(=O)=O)c1. The number of anilines is 1. The molecule has 26 heavy (non-hydrogen) atoms. The molecule has 0 aliphatic carbocycles. The van der Waals surface area contributed by atoms with Crippen molar-refractivity contribution in [3.05, 3.63) is 57.6 Å². The quantitative estimate of drug-likeness (QED) is 0.726. The Balaban J connectivity index is 2.03. The van der Waals surface area contributed by atoms with E-state index in [1.54, 1.807) is 25.1 Å². The third kappa shape index (κ3) is 5.18. The van der Waals surface area contributed by atoms with Crippen molar-refractivity contribution < 1.29 is 22.7 Å². The number of amides is 1. The number of nitrogens with one attached hydrogen (secondary N) is 1. The number of hydrogen-bond donors (Lipinski definition) is 2. The van der Waals surface area contributed by atoms with Gasteiger partial charge in [-0.15, -0.1) is 0 Å². The number of nitrogens with two attached hydrogens (primary N) is 1. The van der Waals surface area contributed by atoms with E-state index in [2.05, 4.69) is 5.32 Å². The summed E-state index contributed by atoms with van der Waals surface area (Å²) in [6.45, 7) is 1.20. The zero-order chi connectivity index (χ0) is 19.5. The number of rotatable bonds is 5. The Morgan fingerprint density at radius 1 is 1.15 bits per heavy atom. The fourth-order valence-electron chi connectivity index (χ4n) is 2.02. The molecule has 7 nitrogen and oxygen atoms in total. The number of hydrogen-bond acceptors (Lipinski definition) is 5. The Morgan fingerprint density at radius 2 is 1.85 bits per heavy atom. The molecule has 2 aromatic rings. The van der Waals surface area contributed by atoms with E-state index in [0.29, 0.717) is 10.7 Å². The molecule has 0 saturated carbocycles. The fourth-order valence-corrected chi connectivity index (χ4v) is 3.31. The van der Waals surface area contributed by atoms with Gasteiger partial charge in [0.05, 0.1) is 10.6 Å². The zero-order valence-corrected chi connectivity index (χ0v) is 15.8. The van der Waals surface area contributed by atoms with Crippen LogP contribution in [0.2, 0.25) is 10.0 Å². The van der Waals surface area contributed by atoms with Gasteiger partial charge < -0.3 is 10.1 Å². The van der Waals surface area contributed by atoms with Crippen LogP contribution in [0.25, 0.3) is 0 Å². The van der Waals surface area contributed by atoms with Crippen LogP contribution in [0.15, 0.2) is 41.3 Å². The molecule has 0 spiro atoms. The predicted molar refractivity (Wildman–Crippen MR) is 97.9 cm³/mol. The predicted octanol–water partition coefficient (Wildman–Crippen LogP) is 2.74. The highest BCUT2D eigenvalue weighted by Crippen LogP contribution is 2.22. The third-order valence-corrected chi connectivity index (χ3v) is 4.90. The molecule has 10 heteroatoms. The minimum atomic E-state index is -4.10. The maximum absolute atomic E-state index is 12.0. The van der Waals surface area contributed by atoms with Gasteiger partial charge >= 0.3 is 5.97 Å². The third-order valence-electron chi connectivity index (χ3n) is 3.27. The van der Waals surface area contributed by atoms with Crippen molar-refractivity contribution in [1.82, 2.24) is 0 Å². The lowest BCUT2D eigenvalue weighted by atomic mass is 10.2. The largest absolute Gasteiger partial charge is 0.452 e. The van der Waals surface area contributed by atoms with Crippen LogP contribution in [-0.2, 0) is 19.6 Å². The lowest BCUT2D eigenvalue weighted by Gasteiger charge is -2.10. The number of carbonyl (C=O) groups is 2. The number of esters is 1. The molecule has 3 N–H and O–H groups in total. The van der Waals surface area contributed by atoms with Crippen molar-refractivity contribution in [2.45, 2.75) is 11.8 Å². The van der Waals surface area contributed by atoms with E-state index in [1.165, 1.54) is 12.1 Å². The highest BCUT2D eigenvalue weighted by atomic mass is 35.5. The van der Waals surface area contributed by atoms with Crippen LogP contribution in [0.1, 0.15) is 15.9 Å². The molecule has 0 aliphatic heterocycles. The summed E-state index contributed by atoms with van der Waals surface area (Å²) in [6, 6.07) is 8.36. The minimum absolute atomic E-state index is 0.103. The van der Waals surface area contributed by atoms with E-state index >= 15 is 0 Å². The summed E-state index contributed by atoms with van der Waals surface area (Å²) >= 11 is 11.6. The summed E-state index contributed by atoms with van der Waals surface area (Å²) in [6.07, 6.45) is 0. The van der Waals surface area contributed by atoms with E-state index in [1.807, 2.05) is 0 Å². The van der Waals surface area contributed by atoms with Crippen molar-refractivity contribution in [3.63, 3.8) is 0 Å². The van der Waals surface area contributed by atoms with E-state index in [4.69, 9.17) is 33.1 Å². The summed E-state index contributed by atoms with van der Waals surface area (Å²) in [4.78, 5) is 23.5. The molecule has 0 fully saturated rings. The number of halogens is 2. The maximum atomic E-state index is 12.0. The molecular formula is C16H14Cl2N2O5S. The van der Waals surface area contributed by atoms with Gasteiger partial charge in [0.15, 0.2) is 6.61 Å². The molecule has 0 atom stereocenters. The summed E-state index contributed by atoms with van der Waals surface area (Å²) in [5.74, 6) is -1.46. The van der Waals surface area contributed by atoms with E-state index in [0.717, 1.165) is 11.6 Å². The second kappa shape index (κ2) is 8.05. The van der Waals surface area contributed by atoms with Crippen LogP contribution >= 0.6 is 23.2 Å². The number of primary sulfonamides is 1. The van der Waals surface area contributed by atoms with Gasteiger partial charge in [0, 0.05) is 10.7 Å². The minimum Gasteiger partial charge on any atom is -0.452 e. The van der Waals surface area contributed by atoms with Gasteiger partial charge in [0.1, 0.15) is 4.90 Å². The van der Waals surface area contributed by atoms with E-state index < -0.39 is 33.4 Å². The Morgan fingerprint density at radius 3 is 2.46 bits per heavy atom. The number of benzene rings is 2. The second-order valence-electron chi connectivity index (χ2n) is 5.27. The molecule has 2 rings (SSSR count). The topological polar surface area (TPSA) is 116 Å². The van der Waals surface area contributed by atoms with Crippen molar-refractivity contribution >= 4 is 50.8 Å². The lowest BCUT2D eigenvalue weighted by molar-refractivity contribution is -0.119. The standard InChI is InChI=1S/C16H14Cl2N2O5S/c1-9-6-11(17)3-5-13(9)20-15(21)8-25-16(22)10-2-4-12(18)14(7-10)26(19,23)24/h2-7H,8H2,1H3,(H,20,21)(H2,19,23,24). The molecule has 2 aromatic carbocycles. The van der Waals surface area contributed by atoms with Crippen molar-refractivity contribution in [2.24, 2.45) is 5.14 Å². The number of carbonyl (C=O) groups excluding carboxylic acids is 2. The molecular weight excluding hydrogens is 403 g/mol. The van der Waals surface area contributed by atoms with Crippen LogP contribution in [0.3, 0.4) is 0 Å². The van der Waals surface area contributed by atoms with Crippen molar-refractivity contribution in [1.29, 1.82) is 0 Å². The summed E-state index contributed by atoms with van der Waals surface area (Å²) in [5, 5.41) is 8.00. The smallest absolute Gasteiger partial charge is 0.338 e. The summed E-state index contributed by atoms with van der Waals surface area (Å²) in [7, 11) is -4.10. The Labute approximate surface area is 160 Å². The Bertz CT molecular complexity index is 977. The van der Waals surface area contributed by atoms with E-state index in [-0.39, 0.29) is 10.6 Å². The first-order chi connectivity index (χ1) is 12.1. The molecule has 138 valence electrons. The average molecular weight is 417 g/mol. The van der Waals surface area contributed by atoms with Crippen LogP contribution in [0.5, 0.6) is 0 Å². The van der Waals surface area contributed by atoms with Crippen LogP contribution in [0, 0.1) is 6.92 Å². The van der Waals surface area contributed by atoms with Gasteiger partial charge in [-0.3, -0.25) is 4.79 Å². The number of sulfonamides is 1. The Hall–Kier alpha value is -2.13. The molecule has 0 heterocycles. The average Bonchev–Trinajstić information content (AvgIpc) is 2.54. The first-order valence-electron chi connectivity index (χ1n) is 7.13. The van der Waals surface area contributed by atoms with Crippen LogP contribution in [-0.4, -0.2) is 26.9 Å². The van der Waals surface area contributed by atoms with Crippen molar-refractivity contribution in [2.75, 3.05) is 11.9 Å². The maximum Gasteiger partial charge on any atom is 0.338 e. The molecule has 0 radical (unpaired) electrons. The molecule has 0 saturated heterocycles. The summed E-state index contributed by atoms with van der Waals surface area (Å²) in [5.41, 5.74) is 1.17. The second-order valence-corrected chi connectivity index (χ2v) is 7.65. The Kier molecular flexibility index (Phi) is 6.25. The van der Waals surface area contributed by atoms with Gasteiger partial charge in [-0.25, -0.2) is 18.4 Å². The van der Waals surface area contributed by atoms with Gasteiger partial charge in [-0.05, 0) is 48.9 Å². The van der Waals surface area contributed by atoms with Crippen molar-refractivity contribution in [3.8, 4) is 0 Å². The van der Waals surface area contributed by atoms with Gasteiger partial charge in [0.2, 0.25) is 10.0 Å². The highest BCUT2D eigenvalue weighted by Gasteiger charge is 2.18. The molecule has 0 aromatic heterocycles. The highest BCUT2D eigenvalue weighted by molar-refractivity contribution is 7.89. The molecule has 0 aliphatic rings. The zero-order valence-electron chi connectivity index (χ0n) is 13.5. The number of aryl methyl sites for hydroxylation is 1. The normalized spacial score (nSPS) is 11.1. The molecule has 0 unspecified atom stereocenters. The monoisotopic (exact) mass is 416 g/mol. The first kappa shape index (κ1) is 20.2.